The first-order chi connectivity index (χ1) is 13.4. The van der Waals surface area contributed by atoms with Crippen molar-refractivity contribution in [3.05, 3.63) is 65.5 Å². The number of benzene rings is 2. The summed E-state index contributed by atoms with van der Waals surface area (Å²) in [6.07, 6.45) is -0.247. The zero-order chi connectivity index (χ0) is 20.1. The molecule has 1 saturated heterocycles. The van der Waals surface area contributed by atoms with Crippen molar-refractivity contribution in [1.82, 2.24) is 4.90 Å². The van der Waals surface area contributed by atoms with Crippen LogP contribution in [-0.4, -0.2) is 42.8 Å². The summed E-state index contributed by atoms with van der Waals surface area (Å²) in [6, 6.07) is 16.5. The Morgan fingerprint density at radius 1 is 1.07 bits per heavy atom. The van der Waals surface area contributed by atoms with Gasteiger partial charge >= 0.3 is 6.09 Å². The van der Waals surface area contributed by atoms with Crippen LogP contribution in [0.5, 0.6) is 0 Å². The van der Waals surface area contributed by atoms with Crippen LogP contribution in [0.4, 0.5) is 10.5 Å². The first-order valence-corrected chi connectivity index (χ1v) is 9.62. The number of hydrogen-bond donors (Lipinski definition) is 0. The van der Waals surface area contributed by atoms with Crippen LogP contribution in [0.1, 0.15) is 26.3 Å². The lowest BCUT2D eigenvalue weighted by molar-refractivity contribution is 0.0240. The van der Waals surface area contributed by atoms with Crippen molar-refractivity contribution in [2.45, 2.75) is 32.9 Å². The van der Waals surface area contributed by atoms with E-state index in [4.69, 9.17) is 11.3 Å². The molecule has 28 heavy (non-hydrogen) atoms. The Balaban J connectivity index is 1.79. The standard InChI is InChI=1S/C23H27N3O2/c1-23(2,3)28-22(27)26-14-12-25(13-15-26)21-11-10-18(17-24-4)16-20(21)19-8-6-5-7-9-19/h5-11,16H,12-15,17H2,1-3H3. The third-order valence-corrected chi connectivity index (χ3v) is 4.68. The third kappa shape index (κ3) is 4.83. The zero-order valence-electron chi connectivity index (χ0n) is 16.8. The summed E-state index contributed by atoms with van der Waals surface area (Å²) in [5, 5.41) is 0. The molecule has 0 bridgehead atoms. The molecule has 0 saturated carbocycles. The highest BCUT2D eigenvalue weighted by molar-refractivity contribution is 5.79. The average Bonchev–Trinajstić information content (AvgIpc) is 2.68. The normalized spacial score (nSPS) is 14.5. The first kappa shape index (κ1) is 19.8. The van der Waals surface area contributed by atoms with Gasteiger partial charge in [-0.1, -0.05) is 30.3 Å². The molecule has 1 aliphatic rings. The molecule has 3 rings (SSSR count). The summed E-state index contributed by atoms with van der Waals surface area (Å²) in [5.41, 5.74) is 3.95. The minimum absolute atomic E-state index is 0.247. The highest BCUT2D eigenvalue weighted by atomic mass is 16.6. The van der Waals surface area contributed by atoms with Crippen molar-refractivity contribution in [3.63, 3.8) is 0 Å². The number of carbonyl (C=O) groups is 1. The molecule has 0 spiro atoms. The number of nitrogens with zero attached hydrogens (tertiary/aromatic N) is 3. The van der Waals surface area contributed by atoms with Gasteiger partial charge < -0.3 is 19.4 Å². The predicted octanol–water partition coefficient (Wildman–Crippen LogP) is 4.83. The molecule has 2 aromatic rings. The molecule has 0 unspecified atom stereocenters. The molecule has 0 aliphatic carbocycles. The van der Waals surface area contributed by atoms with Gasteiger partial charge in [-0.3, -0.25) is 0 Å². The van der Waals surface area contributed by atoms with E-state index in [9.17, 15) is 4.79 Å². The van der Waals surface area contributed by atoms with Crippen LogP contribution in [0.15, 0.2) is 48.5 Å². The number of piperazine rings is 1. The number of amides is 1. The second-order valence-corrected chi connectivity index (χ2v) is 7.99. The highest BCUT2D eigenvalue weighted by Crippen LogP contribution is 2.33. The number of rotatable bonds is 3. The molecule has 1 heterocycles. The van der Waals surface area contributed by atoms with Crippen LogP contribution < -0.4 is 4.90 Å². The van der Waals surface area contributed by atoms with Crippen molar-refractivity contribution in [2.24, 2.45) is 0 Å². The van der Waals surface area contributed by atoms with Crippen LogP contribution in [0.2, 0.25) is 0 Å². The number of carbonyl (C=O) groups excluding carboxylic acids is 1. The monoisotopic (exact) mass is 377 g/mol. The summed E-state index contributed by atoms with van der Waals surface area (Å²) >= 11 is 0. The Bertz CT molecular complexity index is 858. The van der Waals surface area contributed by atoms with Gasteiger partial charge in [0.1, 0.15) is 5.60 Å². The molecule has 1 aliphatic heterocycles. The molecule has 0 atom stereocenters. The molecule has 2 aromatic carbocycles. The molecule has 1 fully saturated rings. The highest BCUT2D eigenvalue weighted by Gasteiger charge is 2.27. The molecule has 0 aromatic heterocycles. The summed E-state index contributed by atoms with van der Waals surface area (Å²) in [7, 11) is 0. The van der Waals surface area contributed by atoms with Crippen LogP contribution in [0.3, 0.4) is 0 Å². The van der Waals surface area contributed by atoms with Crippen molar-refractivity contribution in [3.8, 4) is 11.1 Å². The maximum atomic E-state index is 12.3. The maximum absolute atomic E-state index is 12.3. The molecule has 0 radical (unpaired) electrons. The molecule has 146 valence electrons. The maximum Gasteiger partial charge on any atom is 0.410 e. The van der Waals surface area contributed by atoms with E-state index in [0.717, 1.165) is 35.5 Å². The Morgan fingerprint density at radius 2 is 1.75 bits per heavy atom. The fourth-order valence-corrected chi connectivity index (χ4v) is 3.35. The van der Waals surface area contributed by atoms with E-state index in [1.54, 1.807) is 4.90 Å². The fourth-order valence-electron chi connectivity index (χ4n) is 3.35. The SMILES string of the molecule is [C-]#[N+]Cc1ccc(N2CCN(C(=O)OC(C)(C)C)CC2)c(-c2ccccc2)c1. The summed E-state index contributed by atoms with van der Waals surface area (Å²) in [5.74, 6) is 0. The zero-order valence-corrected chi connectivity index (χ0v) is 16.8. The molecule has 5 nitrogen and oxygen atoms in total. The average molecular weight is 377 g/mol. The van der Waals surface area contributed by atoms with Crippen molar-refractivity contribution in [1.29, 1.82) is 0 Å². The van der Waals surface area contributed by atoms with Gasteiger partial charge in [-0.25, -0.2) is 11.4 Å². The lowest BCUT2D eigenvalue weighted by atomic mass is 9.99. The third-order valence-electron chi connectivity index (χ3n) is 4.68. The topological polar surface area (TPSA) is 37.1 Å². The Kier molecular flexibility index (Phi) is 5.89. The molecular weight excluding hydrogens is 350 g/mol. The minimum Gasteiger partial charge on any atom is -0.444 e. The van der Waals surface area contributed by atoms with Crippen LogP contribution in [-0.2, 0) is 11.3 Å². The van der Waals surface area contributed by atoms with Crippen LogP contribution >= 0.6 is 0 Å². The number of hydrogen-bond acceptors (Lipinski definition) is 3. The number of ether oxygens (including phenoxy) is 1. The van der Waals surface area contributed by atoms with Gasteiger partial charge in [0.25, 0.3) is 0 Å². The lowest BCUT2D eigenvalue weighted by Crippen LogP contribution is -2.50. The van der Waals surface area contributed by atoms with Gasteiger partial charge in [-0.2, -0.15) is 0 Å². The Hall–Kier alpha value is -3.00. The lowest BCUT2D eigenvalue weighted by Gasteiger charge is -2.37. The number of anilines is 1. The van der Waals surface area contributed by atoms with E-state index < -0.39 is 5.60 Å². The van der Waals surface area contributed by atoms with Gasteiger partial charge in [0, 0.05) is 43.0 Å². The van der Waals surface area contributed by atoms with E-state index in [1.165, 1.54) is 0 Å². The summed E-state index contributed by atoms with van der Waals surface area (Å²) in [6.45, 7) is 16.0. The van der Waals surface area contributed by atoms with Crippen LogP contribution in [0, 0.1) is 6.57 Å². The first-order valence-electron chi connectivity index (χ1n) is 9.62. The van der Waals surface area contributed by atoms with Gasteiger partial charge in [-0.05, 0) is 44.5 Å². The van der Waals surface area contributed by atoms with Gasteiger partial charge in [0.05, 0.1) is 0 Å². The molecule has 0 N–H and O–H groups in total. The van der Waals surface area contributed by atoms with Gasteiger partial charge in [0.2, 0.25) is 6.54 Å². The van der Waals surface area contributed by atoms with E-state index in [1.807, 2.05) is 45.0 Å². The van der Waals surface area contributed by atoms with Gasteiger partial charge in [-0.15, -0.1) is 0 Å². The van der Waals surface area contributed by atoms with E-state index >= 15 is 0 Å². The smallest absolute Gasteiger partial charge is 0.410 e. The largest absolute Gasteiger partial charge is 0.444 e. The molecular formula is C23H27N3O2. The second-order valence-electron chi connectivity index (χ2n) is 7.99. The minimum atomic E-state index is -0.479. The molecule has 1 amide bonds. The van der Waals surface area contributed by atoms with E-state index in [0.29, 0.717) is 19.6 Å². The van der Waals surface area contributed by atoms with Crippen molar-refractivity contribution in [2.75, 3.05) is 31.1 Å². The second kappa shape index (κ2) is 8.35. The molecule has 5 heteroatoms. The predicted molar refractivity (Wildman–Crippen MR) is 112 cm³/mol. The summed E-state index contributed by atoms with van der Waals surface area (Å²) in [4.78, 5) is 19.9. The fraction of sp³-hybridized carbons (Fsp3) is 0.391. The van der Waals surface area contributed by atoms with Crippen molar-refractivity contribution < 1.29 is 9.53 Å². The Morgan fingerprint density at radius 3 is 2.36 bits per heavy atom. The van der Waals surface area contributed by atoms with E-state index in [2.05, 4.69) is 34.0 Å². The Labute approximate surface area is 167 Å². The van der Waals surface area contributed by atoms with Gasteiger partial charge in [0.15, 0.2) is 0 Å². The van der Waals surface area contributed by atoms with Crippen molar-refractivity contribution >= 4 is 11.8 Å². The van der Waals surface area contributed by atoms with Crippen LogP contribution in [0.25, 0.3) is 16.0 Å². The van der Waals surface area contributed by atoms with E-state index in [-0.39, 0.29) is 6.09 Å². The summed E-state index contributed by atoms with van der Waals surface area (Å²) < 4.78 is 5.49. The quantitative estimate of drug-likeness (QED) is 0.719.